The van der Waals surface area contributed by atoms with Crippen molar-refractivity contribution in [2.75, 3.05) is 6.54 Å². The predicted molar refractivity (Wildman–Crippen MR) is 91.1 cm³/mol. The second kappa shape index (κ2) is 11.4. The van der Waals surface area contributed by atoms with Crippen LogP contribution in [0.3, 0.4) is 0 Å². The Bertz CT molecular complexity index is 236. The van der Waals surface area contributed by atoms with E-state index in [2.05, 4.69) is 31.8 Å². The van der Waals surface area contributed by atoms with Gasteiger partial charge in [-0.3, -0.25) is 0 Å². The summed E-state index contributed by atoms with van der Waals surface area (Å²) in [6, 6.07) is 0.785. The van der Waals surface area contributed by atoms with E-state index in [-0.39, 0.29) is 0 Å². The molecule has 20 heavy (non-hydrogen) atoms. The van der Waals surface area contributed by atoms with Crippen molar-refractivity contribution in [1.29, 1.82) is 0 Å². The third kappa shape index (κ3) is 6.92. The SMILES string of the molecule is C=CCCCCCC(NCCC)C1CCCC(CC)C1. The van der Waals surface area contributed by atoms with Gasteiger partial charge in [-0.1, -0.05) is 52.0 Å². The van der Waals surface area contributed by atoms with Gasteiger partial charge in [0.05, 0.1) is 0 Å². The lowest BCUT2D eigenvalue weighted by Crippen LogP contribution is -2.39. The Morgan fingerprint density at radius 3 is 2.75 bits per heavy atom. The van der Waals surface area contributed by atoms with E-state index in [1.165, 1.54) is 77.2 Å². The van der Waals surface area contributed by atoms with Crippen molar-refractivity contribution in [3.05, 3.63) is 12.7 Å². The molecule has 0 aromatic rings. The minimum absolute atomic E-state index is 0.785. The van der Waals surface area contributed by atoms with Crippen LogP contribution in [0.2, 0.25) is 0 Å². The minimum atomic E-state index is 0.785. The van der Waals surface area contributed by atoms with Crippen molar-refractivity contribution in [3.63, 3.8) is 0 Å². The van der Waals surface area contributed by atoms with Gasteiger partial charge >= 0.3 is 0 Å². The lowest BCUT2D eigenvalue weighted by Gasteiger charge is -2.35. The molecule has 0 aromatic heterocycles. The van der Waals surface area contributed by atoms with E-state index in [1.54, 1.807) is 0 Å². The smallest absolute Gasteiger partial charge is 0.00954 e. The lowest BCUT2D eigenvalue weighted by molar-refractivity contribution is 0.199. The third-order valence-corrected chi connectivity index (χ3v) is 5.05. The molecule has 1 N–H and O–H groups in total. The first-order valence-electron chi connectivity index (χ1n) is 9.16. The average molecular weight is 280 g/mol. The van der Waals surface area contributed by atoms with Gasteiger partial charge in [0.15, 0.2) is 0 Å². The van der Waals surface area contributed by atoms with Crippen molar-refractivity contribution >= 4 is 0 Å². The van der Waals surface area contributed by atoms with Gasteiger partial charge in [0.25, 0.3) is 0 Å². The molecule has 1 fully saturated rings. The fourth-order valence-corrected chi connectivity index (χ4v) is 3.73. The molecule has 0 aromatic carbocycles. The van der Waals surface area contributed by atoms with Gasteiger partial charge in [-0.2, -0.15) is 0 Å². The topological polar surface area (TPSA) is 12.0 Å². The van der Waals surface area contributed by atoms with Crippen molar-refractivity contribution in [2.45, 2.75) is 90.5 Å². The quantitative estimate of drug-likeness (QED) is 0.377. The summed E-state index contributed by atoms with van der Waals surface area (Å²) in [4.78, 5) is 0. The van der Waals surface area contributed by atoms with Gasteiger partial charge in [-0.05, 0) is 56.9 Å². The van der Waals surface area contributed by atoms with Crippen LogP contribution in [-0.4, -0.2) is 12.6 Å². The summed E-state index contributed by atoms with van der Waals surface area (Å²) in [6.07, 6.45) is 17.3. The van der Waals surface area contributed by atoms with Gasteiger partial charge in [0.2, 0.25) is 0 Å². The molecule has 1 rings (SSSR count). The molecule has 1 aliphatic rings. The maximum Gasteiger partial charge on any atom is 0.00954 e. The molecule has 1 nitrogen and oxygen atoms in total. The van der Waals surface area contributed by atoms with Gasteiger partial charge < -0.3 is 5.32 Å². The molecule has 0 heterocycles. The Morgan fingerprint density at radius 2 is 2.05 bits per heavy atom. The van der Waals surface area contributed by atoms with Gasteiger partial charge in [-0.15, -0.1) is 6.58 Å². The number of nitrogens with one attached hydrogen (secondary N) is 1. The van der Waals surface area contributed by atoms with Crippen LogP contribution in [0, 0.1) is 11.8 Å². The number of rotatable bonds is 11. The number of unbranched alkanes of at least 4 members (excludes halogenated alkanes) is 3. The molecule has 1 saturated carbocycles. The number of hydrogen-bond donors (Lipinski definition) is 1. The number of allylic oxidation sites excluding steroid dienone is 1. The Labute approximate surface area is 127 Å². The summed E-state index contributed by atoms with van der Waals surface area (Å²) in [6.45, 7) is 9.67. The molecule has 118 valence electrons. The van der Waals surface area contributed by atoms with E-state index in [1.807, 2.05) is 0 Å². The molecular weight excluding hydrogens is 242 g/mol. The molecule has 3 atom stereocenters. The van der Waals surface area contributed by atoms with E-state index < -0.39 is 0 Å². The first-order valence-corrected chi connectivity index (χ1v) is 9.16. The summed E-state index contributed by atoms with van der Waals surface area (Å²) < 4.78 is 0. The van der Waals surface area contributed by atoms with Crippen LogP contribution in [0.15, 0.2) is 12.7 Å². The fraction of sp³-hybridized carbons (Fsp3) is 0.895. The van der Waals surface area contributed by atoms with Gasteiger partial charge in [-0.25, -0.2) is 0 Å². The van der Waals surface area contributed by atoms with E-state index in [0.717, 1.165) is 17.9 Å². The molecule has 0 radical (unpaired) electrons. The van der Waals surface area contributed by atoms with Crippen LogP contribution >= 0.6 is 0 Å². The second-order valence-corrected chi connectivity index (χ2v) is 6.69. The second-order valence-electron chi connectivity index (χ2n) is 6.69. The van der Waals surface area contributed by atoms with E-state index in [0.29, 0.717) is 0 Å². The number of hydrogen-bond acceptors (Lipinski definition) is 1. The highest BCUT2D eigenvalue weighted by atomic mass is 14.9. The normalized spacial score (nSPS) is 24.5. The highest BCUT2D eigenvalue weighted by Gasteiger charge is 2.26. The molecule has 3 unspecified atom stereocenters. The average Bonchev–Trinajstić information content (AvgIpc) is 2.50. The summed E-state index contributed by atoms with van der Waals surface area (Å²) in [5, 5.41) is 3.85. The Balaban J connectivity index is 2.35. The van der Waals surface area contributed by atoms with Gasteiger partial charge in [0.1, 0.15) is 0 Å². The Kier molecular flexibility index (Phi) is 10.1. The van der Waals surface area contributed by atoms with Crippen LogP contribution in [0.5, 0.6) is 0 Å². The highest BCUT2D eigenvalue weighted by Crippen LogP contribution is 2.34. The molecule has 1 aliphatic carbocycles. The van der Waals surface area contributed by atoms with Crippen molar-refractivity contribution in [3.8, 4) is 0 Å². The Morgan fingerprint density at radius 1 is 1.20 bits per heavy atom. The van der Waals surface area contributed by atoms with E-state index >= 15 is 0 Å². The maximum absolute atomic E-state index is 3.85. The van der Waals surface area contributed by atoms with Crippen molar-refractivity contribution in [2.24, 2.45) is 11.8 Å². The molecule has 0 spiro atoms. The summed E-state index contributed by atoms with van der Waals surface area (Å²) >= 11 is 0. The van der Waals surface area contributed by atoms with Crippen molar-refractivity contribution < 1.29 is 0 Å². The summed E-state index contributed by atoms with van der Waals surface area (Å²) in [5.74, 6) is 1.94. The van der Waals surface area contributed by atoms with Crippen LogP contribution in [0.1, 0.15) is 84.5 Å². The van der Waals surface area contributed by atoms with Crippen LogP contribution in [-0.2, 0) is 0 Å². The first-order chi connectivity index (χ1) is 9.81. The maximum atomic E-state index is 3.85. The third-order valence-electron chi connectivity index (χ3n) is 5.05. The first kappa shape index (κ1) is 17.8. The zero-order valence-electron chi connectivity index (χ0n) is 14.0. The lowest BCUT2D eigenvalue weighted by atomic mass is 9.75. The van der Waals surface area contributed by atoms with E-state index in [9.17, 15) is 0 Å². The molecule has 0 amide bonds. The monoisotopic (exact) mass is 279 g/mol. The summed E-state index contributed by atoms with van der Waals surface area (Å²) in [7, 11) is 0. The molecule has 0 bridgehead atoms. The summed E-state index contributed by atoms with van der Waals surface area (Å²) in [5.41, 5.74) is 0. The molecule has 1 heteroatoms. The largest absolute Gasteiger partial charge is 0.314 e. The zero-order valence-corrected chi connectivity index (χ0v) is 14.0. The van der Waals surface area contributed by atoms with Gasteiger partial charge in [0, 0.05) is 6.04 Å². The van der Waals surface area contributed by atoms with Crippen LogP contribution < -0.4 is 5.32 Å². The molecule has 0 aliphatic heterocycles. The minimum Gasteiger partial charge on any atom is -0.314 e. The molecular formula is C19H37N. The van der Waals surface area contributed by atoms with Crippen molar-refractivity contribution in [1.82, 2.24) is 5.32 Å². The van der Waals surface area contributed by atoms with Crippen LogP contribution in [0.4, 0.5) is 0 Å². The Hall–Kier alpha value is -0.300. The van der Waals surface area contributed by atoms with E-state index in [4.69, 9.17) is 0 Å². The van der Waals surface area contributed by atoms with Crippen LogP contribution in [0.25, 0.3) is 0 Å². The fourth-order valence-electron chi connectivity index (χ4n) is 3.73. The molecule has 0 saturated heterocycles. The predicted octanol–water partition coefficient (Wildman–Crippen LogP) is 5.71. The standard InChI is InChI=1S/C19H37N/c1-4-7-8-9-10-14-19(20-15-5-2)18-13-11-12-17(6-3)16-18/h4,17-20H,1,5-16H2,2-3H3. The highest BCUT2D eigenvalue weighted by molar-refractivity contribution is 4.82. The zero-order chi connectivity index (χ0) is 14.6.